The lowest BCUT2D eigenvalue weighted by Gasteiger charge is -2.30. The summed E-state index contributed by atoms with van der Waals surface area (Å²) in [5.74, 6) is -6.33. The molecule has 0 bridgehead atoms. The number of halogens is 4. The van der Waals surface area contributed by atoms with E-state index in [1.165, 1.54) is 0 Å². The normalized spacial score (nSPS) is 11.8. The molecule has 0 saturated carbocycles. The second kappa shape index (κ2) is 6.88. The molecule has 0 radical (unpaired) electrons. The lowest BCUT2D eigenvalue weighted by molar-refractivity contribution is 0.182. The van der Waals surface area contributed by atoms with Gasteiger partial charge in [-0.15, -0.1) is 0 Å². The number of pyridine rings is 1. The molecule has 0 aliphatic carbocycles. The van der Waals surface area contributed by atoms with Gasteiger partial charge in [0.1, 0.15) is 5.69 Å². The molecule has 0 fully saturated rings. The number of rotatable bonds is 6. The Bertz CT molecular complexity index is 429. The van der Waals surface area contributed by atoms with Crippen LogP contribution in [0.4, 0.5) is 23.2 Å². The van der Waals surface area contributed by atoms with Crippen molar-refractivity contribution in [3.8, 4) is 0 Å². The Balaban J connectivity index is 2.76. The summed E-state index contributed by atoms with van der Waals surface area (Å²) in [5, 5.41) is 2.39. The first kappa shape index (κ1) is 16.7. The summed E-state index contributed by atoms with van der Waals surface area (Å²) in [7, 11) is 0. The smallest absolute Gasteiger partial charge is 0.253 e. The van der Waals surface area contributed by atoms with Gasteiger partial charge < -0.3 is 5.32 Å². The molecular formula is C13H19F4N3. The van der Waals surface area contributed by atoms with E-state index in [2.05, 4.69) is 15.2 Å². The Morgan fingerprint density at radius 2 is 1.40 bits per heavy atom. The second-order valence-electron chi connectivity index (χ2n) is 5.05. The van der Waals surface area contributed by atoms with E-state index in [0.717, 1.165) is 0 Å². The van der Waals surface area contributed by atoms with E-state index in [1.807, 2.05) is 27.7 Å². The number of nitrogens with one attached hydrogen (secondary N) is 1. The summed E-state index contributed by atoms with van der Waals surface area (Å²) in [4.78, 5) is 4.58. The van der Waals surface area contributed by atoms with E-state index in [9.17, 15) is 17.6 Å². The van der Waals surface area contributed by atoms with Crippen LogP contribution in [0.5, 0.6) is 0 Å². The minimum atomic E-state index is -1.66. The highest BCUT2D eigenvalue weighted by Crippen LogP contribution is 2.21. The lowest BCUT2D eigenvalue weighted by atomic mass is 10.2. The molecule has 0 atom stereocenters. The highest BCUT2D eigenvalue weighted by molar-refractivity contribution is 5.45. The van der Waals surface area contributed by atoms with Crippen molar-refractivity contribution in [1.29, 1.82) is 0 Å². The quantitative estimate of drug-likeness (QED) is 0.645. The predicted molar refractivity (Wildman–Crippen MR) is 69.5 cm³/mol. The number of anilines is 1. The fraction of sp³-hybridized carbons (Fsp3) is 0.615. The van der Waals surface area contributed by atoms with Crippen LogP contribution in [0.25, 0.3) is 0 Å². The van der Waals surface area contributed by atoms with Gasteiger partial charge in [-0.05, 0) is 27.7 Å². The van der Waals surface area contributed by atoms with Crippen LogP contribution in [0.3, 0.4) is 0 Å². The molecule has 0 amide bonds. The van der Waals surface area contributed by atoms with E-state index in [0.29, 0.717) is 6.54 Å². The zero-order valence-corrected chi connectivity index (χ0v) is 12.0. The van der Waals surface area contributed by atoms with Crippen LogP contribution in [-0.2, 0) is 0 Å². The molecule has 0 aliphatic heterocycles. The maximum Gasteiger partial charge on any atom is 0.253 e. The van der Waals surface area contributed by atoms with Crippen molar-refractivity contribution in [2.24, 2.45) is 0 Å². The molecule has 1 rings (SSSR count). The number of nitrogens with zero attached hydrogens (tertiary/aromatic N) is 2. The fourth-order valence-electron chi connectivity index (χ4n) is 2.06. The van der Waals surface area contributed by atoms with E-state index in [-0.39, 0.29) is 18.6 Å². The van der Waals surface area contributed by atoms with E-state index >= 15 is 0 Å². The van der Waals surface area contributed by atoms with Crippen LogP contribution < -0.4 is 5.32 Å². The summed E-state index contributed by atoms with van der Waals surface area (Å²) in [6.45, 7) is 8.62. The van der Waals surface area contributed by atoms with Crippen LogP contribution in [0.2, 0.25) is 0 Å². The first-order valence-electron chi connectivity index (χ1n) is 6.45. The molecule has 20 heavy (non-hydrogen) atoms. The Hall–Kier alpha value is -1.37. The summed E-state index contributed by atoms with van der Waals surface area (Å²) >= 11 is 0. The zero-order valence-electron chi connectivity index (χ0n) is 12.0. The van der Waals surface area contributed by atoms with Crippen molar-refractivity contribution < 1.29 is 17.6 Å². The molecule has 3 nitrogen and oxygen atoms in total. The van der Waals surface area contributed by atoms with E-state index < -0.39 is 29.2 Å². The van der Waals surface area contributed by atoms with Gasteiger partial charge in [-0.1, -0.05) is 0 Å². The van der Waals surface area contributed by atoms with Gasteiger partial charge in [-0.25, -0.2) is 0 Å². The molecule has 1 N–H and O–H groups in total. The predicted octanol–water partition coefficient (Wildman–Crippen LogP) is 3.17. The number of hydrogen-bond acceptors (Lipinski definition) is 3. The maximum atomic E-state index is 13.4. The Morgan fingerprint density at radius 1 is 0.950 bits per heavy atom. The standard InChI is InChI=1S/C13H19F4N3/c1-7(2)20(8(3)4)6-5-18-11-9(14)12(16)19-13(17)10(11)15/h7-8H,5-6H2,1-4H3,(H,18,19). The van der Waals surface area contributed by atoms with E-state index in [4.69, 9.17) is 0 Å². The Labute approximate surface area is 116 Å². The van der Waals surface area contributed by atoms with Gasteiger partial charge in [0.05, 0.1) is 0 Å². The van der Waals surface area contributed by atoms with Gasteiger partial charge in [0.25, 0.3) is 11.9 Å². The fourth-order valence-corrected chi connectivity index (χ4v) is 2.06. The SMILES string of the molecule is CC(C)N(CCNc1c(F)c(F)nc(F)c1F)C(C)C. The molecule has 1 aromatic heterocycles. The van der Waals surface area contributed by atoms with Crippen molar-refractivity contribution in [3.05, 3.63) is 23.5 Å². The van der Waals surface area contributed by atoms with Gasteiger partial charge in [-0.2, -0.15) is 22.5 Å². The van der Waals surface area contributed by atoms with Gasteiger partial charge in [0.2, 0.25) is 11.6 Å². The minimum absolute atomic E-state index is 0.160. The van der Waals surface area contributed by atoms with Crippen LogP contribution in [0.1, 0.15) is 27.7 Å². The largest absolute Gasteiger partial charge is 0.379 e. The molecule has 0 saturated heterocycles. The third-order valence-electron chi connectivity index (χ3n) is 3.00. The molecule has 0 aromatic carbocycles. The first-order valence-corrected chi connectivity index (χ1v) is 6.45. The van der Waals surface area contributed by atoms with Crippen molar-refractivity contribution in [2.75, 3.05) is 18.4 Å². The number of aromatic nitrogens is 1. The van der Waals surface area contributed by atoms with Gasteiger partial charge >= 0.3 is 0 Å². The van der Waals surface area contributed by atoms with Gasteiger partial charge in [-0.3, -0.25) is 4.90 Å². The van der Waals surface area contributed by atoms with Gasteiger partial charge in [0, 0.05) is 25.2 Å². The molecule has 7 heteroatoms. The second-order valence-corrected chi connectivity index (χ2v) is 5.05. The van der Waals surface area contributed by atoms with Crippen LogP contribution >= 0.6 is 0 Å². The summed E-state index contributed by atoms with van der Waals surface area (Å²) in [6, 6.07) is 0.495. The van der Waals surface area contributed by atoms with Crippen molar-refractivity contribution in [1.82, 2.24) is 9.88 Å². The Morgan fingerprint density at radius 3 is 1.80 bits per heavy atom. The van der Waals surface area contributed by atoms with Crippen LogP contribution in [0, 0.1) is 23.5 Å². The molecule has 1 heterocycles. The molecule has 114 valence electrons. The third kappa shape index (κ3) is 3.82. The number of hydrogen-bond donors (Lipinski definition) is 1. The monoisotopic (exact) mass is 293 g/mol. The summed E-state index contributed by atoms with van der Waals surface area (Å²) in [5.41, 5.74) is -0.817. The third-order valence-corrected chi connectivity index (χ3v) is 3.00. The Kier molecular flexibility index (Phi) is 5.74. The van der Waals surface area contributed by atoms with Gasteiger partial charge in [0.15, 0.2) is 0 Å². The summed E-state index contributed by atoms with van der Waals surface area (Å²) < 4.78 is 52.6. The summed E-state index contributed by atoms with van der Waals surface area (Å²) in [6.07, 6.45) is 0. The van der Waals surface area contributed by atoms with Crippen LogP contribution in [-0.4, -0.2) is 35.1 Å². The first-order chi connectivity index (χ1) is 9.25. The molecule has 0 aliphatic rings. The van der Waals surface area contributed by atoms with Crippen molar-refractivity contribution in [3.63, 3.8) is 0 Å². The molecule has 0 unspecified atom stereocenters. The highest BCUT2D eigenvalue weighted by Gasteiger charge is 2.21. The maximum absolute atomic E-state index is 13.4. The average molecular weight is 293 g/mol. The minimum Gasteiger partial charge on any atom is -0.379 e. The molecule has 1 aromatic rings. The zero-order chi connectivity index (χ0) is 15.4. The van der Waals surface area contributed by atoms with Crippen molar-refractivity contribution >= 4 is 5.69 Å². The average Bonchev–Trinajstić information content (AvgIpc) is 2.34. The molecular weight excluding hydrogens is 274 g/mol. The topological polar surface area (TPSA) is 28.2 Å². The van der Waals surface area contributed by atoms with E-state index in [1.54, 1.807) is 0 Å². The van der Waals surface area contributed by atoms with Crippen LogP contribution in [0.15, 0.2) is 0 Å². The highest BCUT2D eigenvalue weighted by atomic mass is 19.2. The molecule has 0 spiro atoms. The van der Waals surface area contributed by atoms with Crippen molar-refractivity contribution in [2.45, 2.75) is 39.8 Å². The lowest BCUT2D eigenvalue weighted by Crippen LogP contribution is -2.40.